The molecule has 0 aromatic carbocycles. The summed E-state index contributed by atoms with van der Waals surface area (Å²) in [5, 5.41) is 3.44. The van der Waals surface area contributed by atoms with E-state index in [-0.39, 0.29) is 0 Å². The van der Waals surface area contributed by atoms with Gasteiger partial charge >= 0.3 is 0 Å². The van der Waals surface area contributed by atoms with Crippen LogP contribution in [0.5, 0.6) is 0 Å². The molecular formula is C12H18N4. The van der Waals surface area contributed by atoms with Gasteiger partial charge in [0.25, 0.3) is 0 Å². The zero-order valence-corrected chi connectivity index (χ0v) is 10.1. The molecule has 0 aliphatic heterocycles. The minimum atomic E-state index is 0.521. The molecule has 0 bridgehead atoms. The molecule has 2 aromatic rings. The van der Waals surface area contributed by atoms with Crippen molar-refractivity contribution in [2.24, 2.45) is 7.05 Å². The molecule has 0 radical (unpaired) electrons. The number of aryl methyl sites for hydroxylation is 1. The summed E-state index contributed by atoms with van der Waals surface area (Å²) in [4.78, 5) is 8.88. The minimum absolute atomic E-state index is 0.521. The third-order valence-corrected chi connectivity index (χ3v) is 2.94. The van der Waals surface area contributed by atoms with E-state index in [0.717, 1.165) is 30.0 Å². The number of aromatic nitrogens is 3. The third-order valence-electron chi connectivity index (χ3n) is 2.94. The second kappa shape index (κ2) is 4.61. The number of rotatable bonds is 4. The summed E-state index contributed by atoms with van der Waals surface area (Å²) in [6.07, 6.45) is 2.93. The molecule has 16 heavy (non-hydrogen) atoms. The molecule has 4 heteroatoms. The zero-order valence-electron chi connectivity index (χ0n) is 10.1. The van der Waals surface area contributed by atoms with Crippen molar-refractivity contribution in [1.82, 2.24) is 19.9 Å². The smallest absolute Gasteiger partial charge is 0.159 e. The van der Waals surface area contributed by atoms with Crippen LogP contribution in [-0.2, 0) is 13.6 Å². The van der Waals surface area contributed by atoms with Crippen LogP contribution in [0.4, 0.5) is 0 Å². The van der Waals surface area contributed by atoms with Gasteiger partial charge in [-0.2, -0.15) is 0 Å². The van der Waals surface area contributed by atoms with Gasteiger partial charge in [-0.05, 0) is 25.5 Å². The average molecular weight is 218 g/mol. The molecule has 0 fully saturated rings. The monoisotopic (exact) mass is 218 g/mol. The van der Waals surface area contributed by atoms with Gasteiger partial charge in [-0.25, -0.2) is 9.97 Å². The first-order chi connectivity index (χ1) is 7.72. The van der Waals surface area contributed by atoms with Crippen molar-refractivity contribution < 1.29 is 0 Å². The first-order valence-corrected chi connectivity index (χ1v) is 5.72. The molecule has 0 amide bonds. The predicted molar refractivity (Wildman–Crippen MR) is 65.1 cm³/mol. The molecule has 4 nitrogen and oxygen atoms in total. The predicted octanol–water partition coefficient (Wildman–Crippen LogP) is 1.86. The Hall–Kier alpha value is -1.42. The van der Waals surface area contributed by atoms with Crippen LogP contribution in [0.25, 0.3) is 11.2 Å². The fourth-order valence-electron chi connectivity index (χ4n) is 1.64. The lowest BCUT2D eigenvalue weighted by Gasteiger charge is -2.10. The molecule has 1 atom stereocenters. The second-order valence-electron chi connectivity index (χ2n) is 4.12. The number of nitrogens with zero attached hydrogens (tertiary/aromatic N) is 3. The highest BCUT2D eigenvalue weighted by Crippen LogP contribution is 2.11. The lowest BCUT2D eigenvalue weighted by Crippen LogP contribution is -2.25. The summed E-state index contributed by atoms with van der Waals surface area (Å²) in [6, 6.07) is 4.43. The summed E-state index contributed by atoms with van der Waals surface area (Å²) >= 11 is 0. The Bertz CT molecular complexity index is 475. The molecule has 1 unspecified atom stereocenters. The van der Waals surface area contributed by atoms with Crippen LogP contribution in [0.2, 0.25) is 0 Å². The number of pyridine rings is 1. The highest BCUT2D eigenvalue weighted by Gasteiger charge is 2.08. The first kappa shape index (κ1) is 11.1. The van der Waals surface area contributed by atoms with Crippen molar-refractivity contribution in [1.29, 1.82) is 0 Å². The molecule has 0 saturated heterocycles. The highest BCUT2D eigenvalue weighted by atomic mass is 15.1. The van der Waals surface area contributed by atoms with Gasteiger partial charge in [-0.1, -0.05) is 6.92 Å². The fraction of sp³-hybridized carbons (Fsp3) is 0.500. The Morgan fingerprint density at radius 1 is 1.50 bits per heavy atom. The SMILES string of the molecule is CCC(C)NCc1nc2cccnc2n1C. The summed E-state index contributed by atoms with van der Waals surface area (Å²) < 4.78 is 2.05. The lowest BCUT2D eigenvalue weighted by molar-refractivity contribution is 0.517. The maximum Gasteiger partial charge on any atom is 0.159 e. The zero-order chi connectivity index (χ0) is 11.5. The van der Waals surface area contributed by atoms with Crippen molar-refractivity contribution in [3.63, 3.8) is 0 Å². The molecule has 0 spiro atoms. The maximum absolute atomic E-state index is 4.56. The highest BCUT2D eigenvalue weighted by molar-refractivity contribution is 5.70. The molecule has 0 aliphatic rings. The summed E-state index contributed by atoms with van der Waals surface area (Å²) in [6.45, 7) is 5.15. The summed E-state index contributed by atoms with van der Waals surface area (Å²) in [7, 11) is 2.01. The van der Waals surface area contributed by atoms with Gasteiger partial charge < -0.3 is 9.88 Å². The van der Waals surface area contributed by atoms with E-state index in [1.54, 1.807) is 6.20 Å². The van der Waals surface area contributed by atoms with Gasteiger partial charge in [0.05, 0.1) is 6.54 Å². The Morgan fingerprint density at radius 2 is 2.31 bits per heavy atom. The van der Waals surface area contributed by atoms with Crippen LogP contribution in [0.1, 0.15) is 26.1 Å². The van der Waals surface area contributed by atoms with E-state index in [2.05, 4.69) is 29.1 Å². The van der Waals surface area contributed by atoms with Gasteiger partial charge in [0.1, 0.15) is 11.3 Å². The quantitative estimate of drug-likeness (QED) is 0.851. The number of hydrogen-bond donors (Lipinski definition) is 1. The number of fused-ring (bicyclic) bond motifs is 1. The van der Waals surface area contributed by atoms with E-state index >= 15 is 0 Å². The van der Waals surface area contributed by atoms with E-state index in [1.807, 2.05) is 23.7 Å². The van der Waals surface area contributed by atoms with E-state index < -0.39 is 0 Å². The summed E-state index contributed by atoms with van der Waals surface area (Å²) in [5.41, 5.74) is 1.91. The lowest BCUT2D eigenvalue weighted by atomic mass is 10.2. The van der Waals surface area contributed by atoms with Crippen LogP contribution in [0.15, 0.2) is 18.3 Å². The average Bonchev–Trinajstić information content (AvgIpc) is 2.64. The van der Waals surface area contributed by atoms with Gasteiger partial charge in [0.2, 0.25) is 0 Å². The largest absolute Gasteiger partial charge is 0.315 e. The Balaban J connectivity index is 2.21. The van der Waals surface area contributed by atoms with E-state index in [4.69, 9.17) is 0 Å². The number of hydrogen-bond acceptors (Lipinski definition) is 3. The number of nitrogens with one attached hydrogen (secondary N) is 1. The second-order valence-corrected chi connectivity index (χ2v) is 4.12. The van der Waals surface area contributed by atoms with Crippen LogP contribution in [-0.4, -0.2) is 20.6 Å². The number of imidazole rings is 1. The molecule has 1 N–H and O–H groups in total. The topological polar surface area (TPSA) is 42.7 Å². The molecule has 2 aromatic heterocycles. The van der Waals surface area contributed by atoms with Gasteiger partial charge in [0, 0.05) is 19.3 Å². The van der Waals surface area contributed by atoms with Crippen molar-refractivity contribution >= 4 is 11.2 Å². The third kappa shape index (κ3) is 2.07. The van der Waals surface area contributed by atoms with Gasteiger partial charge in [-0.15, -0.1) is 0 Å². The van der Waals surface area contributed by atoms with E-state index in [0.29, 0.717) is 6.04 Å². The molecule has 0 aliphatic carbocycles. The fourth-order valence-corrected chi connectivity index (χ4v) is 1.64. The van der Waals surface area contributed by atoms with Gasteiger partial charge in [0.15, 0.2) is 5.65 Å². The molecule has 2 rings (SSSR count). The van der Waals surface area contributed by atoms with Crippen molar-refractivity contribution in [3.8, 4) is 0 Å². The first-order valence-electron chi connectivity index (χ1n) is 5.72. The molecular weight excluding hydrogens is 200 g/mol. The van der Waals surface area contributed by atoms with Crippen LogP contribution < -0.4 is 5.32 Å². The Morgan fingerprint density at radius 3 is 3.00 bits per heavy atom. The van der Waals surface area contributed by atoms with E-state index in [1.165, 1.54) is 0 Å². The Labute approximate surface area is 95.7 Å². The summed E-state index contributed by atoms with van der Waals surface area (Å²) in [5.74, 6) is 1.04. The van der Waals surface area contributed by atoms with E-state index in [9.17, 15) is 0 Å². The maximum atomic E-state index is 4.56. The van der Waals surface area contributed by atoms with Crippen molar-refractivity contribution in [3.05, 3.63) is 24.2 Å². The standard InChI is InChI=1S/C12H18N4/c1-4-9(2)14-8-11-15-10-6-5-7-13-12(10)16(11)3/h5-7,9,14H,4,8H2,1-3H3. The van der Waals surface area contributed by atoms with Crippen LogP contribution >= 0.6 is 0 Å². The molecule has 2 heterocycles. The normalized spacial score (nSPS) is 13.2. The minimum Gasteiger partial charge on any atom is -0.315 e. The van der Waals surface area contributed by atoms with Gasteiger partial charge in [-0.3, -0.25) is 0 Å². The van der Waals surface area contributed by atoms with Crippen molar-refractivity contribution in [2.45, 2.75) is 32.9 Å². The van der Waals surface area contributed by atoms with Crippen LogP contribution in [0.3, 0.4) is 0 Å². The molecule has 0 saturated carbocycles. The van der Waals surface area contributed by atoms with Crippen molar-refractivity contribution in [2.75, 3.05) is 0 Å². The van der Waals surface area contributed by atoms with Crippen LogP contribution in [0, 0.1) is 0 Å². The Kier molecular flexibility index (Phi) is 3.19. The molecule has 86 valence electrons.